The van der Waals surface area contributed by atoms with Gasteiger partial charge in [-0.15, -0.1) is 11.8 Å². The van der Waals surface area contributed by atoms with Crippen LogP contribution in [0.2, 0.25) is 0 Å². The fraction of sp³-hybridized carbons (Fsp3) is 0.192. The van der Waals surface area contributed by atoms with Crippen molar-refractivity contribution in [2.24, 2.45) is 0 Å². The van der Waals surface area contributed by atoms with Crippen LogP contribution in [-0.2, 0) is 9.53 Å². The topological polar surface area (TPSA) is 90.9 Å². The Balaban J connectivity index is 1.65. The Bertz CT molecular complexity index is 1210. The molecule has 3 rings (SSSR count). The quantitative estimate of drug-likeness (QED) is 0.239. The number of Topliss-reactive ketones (excluding diaryl/α,β-unsaturated/α-hetero) is 1. The van der Waals surface area contributed by atoms with E-state index in [2.05, 4.69) is 5.32 Å². The van der Waals surface area contributed by atoms with Gasteiger partial charge in [0.1, 0.15) is 17.3 Å². The highest BCUT2D eigenvalue weighted by Gasteiger charge is 2.25. The SMILES string of the molecule is COc1ccc(C(=O)[C@@H](C)OC(=O)c2ccccc2SCC(=O)Nc2ccc(F)cc2)c(OC)c1. The number of amides is 1. The number of esters is 1. The molecule has 182 valence electrons. The summed E-state index contributed by atoms with van der Waals surface area (Å²) < 4.78 is 28.9. The molecule has 0 aliphatic heterocycles. The first-order valence-corrected chi connectivity index (χ1v) is 11.6. The van der Waals surface area contributed by atoms with Crippen molar-refractivity contribution in [3.63, 3.8) is 0 Å². The lowest BCUT2D eigenvalue weighted by Gasteiger charge is -2.16. The van der Waals surface area contributed by atoms with Crippen LogP contribution in [0.4, 0.5) is 10.1 Å². The van der Waals surface area contributed by atoms with E-state index in [1.807, 2.05) is 0 Å². The molecule has 7 nitrogen and oxygen atoms in total. The van der Waals surface area contributed by atoms with Crippen LogP contribution in [0.3, 0.4) is 0 Å². The molecular formula is C26H24FNO6S. The minimum absolute atomic E-state index is 0.0131. The van der Waals surface area contributed by atoms with Crippen molar-refractivity contribution in [3.05, 3.63) is 83.7 Å². The minimum atomic E-state index is -1.08. The molecule has 0 fully saturated rings. The van der Waals surface area contributed by atoms with E-state index in [9.17, 15) is 18.8 Å². The molecule has 0 heterocycles. The lowest BCUT2D eigenvalue weighted by atomic mass is 10.1. The third-order valence-corrected chi connectivity index (χ3v) is 5.99. The predicted molar refractivity (Wildman–Crippen MR) is 131 cm³/mol. The van der Waals surface area contributed by atoms with Gasteiger partial charge in [-0.3, -0.25) is 9.59 Å². The van der Waals surface area contributed by atoms with Crippen LogP contribution in [0, 0.1) is 5.82 Å². The zero-order valence-corrected chi connectivity index (χ0v) is 20.2. The molecule has 9 heteroatoms. The number of rotatable bonds is 10. The molecule has 0 spiro atoms. The van der Waals surface area contributed by atoms with Gasteiger partial charge in [-0.1, -0.05) is 12.1 Å². The standard InChI is InChI=1S/C26H24FNO6S/c1-16(25(30)20-13-12-19(32-2)14-22(20)33-3)34-26(31)21-6-4-5-7-23(21)35-15-24(29)28-18-10-8-17(27)9-11-18/h4-14,16H,15H2,1-3H3,(H,28,29)/t16-/m1/s1. The van der Waals surface area contributed by atoms with Gasteiger partial charge in [0.2, 0.25) is 11.7 Å². The average Bonchev–Trinajstić information content (AvgIpc) is 2.88. The van der Waals surface area contributed by atoms with Crippen LogP contribution in [0.25, 0.3) is 0 Å². The number of benzene rings is 3. The van der Waals surface area contributed by atoms with Crippen molar-refractivity contribution >= 4 is 35.1 Å². The summed E-state index contributed by atoms with van der Waals surface area (Å²) in [6.45, 7) is 1.48. The summed E-state index contributed by atoms with van der Waals surface area (Å²) in [5.74, 6) is -0.998. The maximum Gasteiger partial charge on any atom is 0.339 e. The van der Waals surface area contributed by atoms with Gasteiger partial charge in [0.25, 0.3) is 0 Å². The van der Waals surface area contributed by atoms with Gasteiger partial charge in [0.15, 0.2) is 6.10 Å². The fourth-order valence-corrected chi connectivity index (χ4v) is 3.97. The van der Waals surface area contributed by atoms with Crippen molar-refractivity contribution < 1.29 is 33.0 Å². The van der Waals surface area contributed by atoms with Crippen molar-refractivity contribution in [1.82, 2.24) is 0 Å². The molecule has 0 saturated carbocycles. The maximum absolute atomic E-state index is 13.0. The summed E-state index contributed by atoms with van der Waals surface area (Å²) in [5, 5.41) is 2.66. The van der Waals surface area contributed by atoms with Crippen LogP contribution < -0.4 is 14.8 Å². The normalized spacial score (nSPS) is 11.3. The lowest BCUT2D eigenvalue weighted by molar-refractivity contribution is -0.113. The molecule has 3 aromatic carbocycles. The number of nitrogens with one attached hydrogen (secondary N) is 1. The third-order valence-electron chi connectivity index (χ3n) is 4.92. The van der Waals surface area contributed by atoms with E-state index >= 15 is 0 Å². The van der Waals surface area contributed by atoms with E-state index in [-0.39, 0.29) is 22.8 Å². The summed E-state index contributed by atoms with van der Waals surface area (Å²) in [4.78, 5) is 38.6. The minimum Gasteiger partial charge on any atom is -0.497 e. The highest BCUT2D eigenvalue weighted by molar-refractivity contribution is 8.00. The molecule has 1 atom stereocenters. The second-order valence-electron chi connectivity index (χ2n) is 7.32. The number of ketones is 1. The van der Waals surface area contributed by atoms with E-state index < -0.39 is 23.7 Å². The smallest absolute Gasteiger partial charge is 0.339 e. The van der Waals surface area contributed by atoms with Crippen LogP contribution >= 0.6 is 11.8 Å². The molecule has 1 amide bonds. The summed E-state index contributed by atoms with van der Waals surface area (Å²) in [6, 6.07) is 16.8. The van der Waals surface area contributed by atoms with Gasteiger partial charge >= 0.3 is 5.97 Å². The number of carbonyl (C=O) groups is 3. The van der Waals surface area contributed by atoms with Gasteiger partial charge in [-0.2, -0.15) is 0 Å². The molecule has 3 aromatic rings. The van der Waals surface area contributed by atoms with Gasteiger partial charge in [0.05, 0.1) is 31.1 Å². The predicted octanol–water partition coefficient (Wildman–Crippen LogP) is 5.00. The summed E-state index contributed by atoms with van der Waals surface area (Å²) >= 11 is 1.14. The molecule has 35 heavy (non-hydrogen) atoms. The van der Waals surface area contributed by atoms with Gasteiger partial charge in [0, 0.05) is 16.6 Å². The molecule has 1 N–H and O–H groups in total. The van der Waals surface area contributed by atoms with E-state index in [1.54, 1.807) is 42.5 Å². The molecule has 0 aromatic heterocycles. The summed E-state index contributed by atoms with van der Waals surface area (Å²) in [5.41, 5.74) is 0.952. The van der Waals surface area contributed by atoms with Gasteiger partial charge < -0.3 is 19.5 Å². The largest absolute Gasteiger partial charge is 0.497 e. The monoisotopic (exact) mass is 497 g/mol. The lowest BCUT2D eigenvalue weighted by Crippen LogP contribution is -2.25. The second kappa shape index (κ2) is 12.0. The number of carbonyl (C=O) groups excluding carboxylic acids is 3. The number of hydrogen-bond acceptors (Lipinski definition) is 7. The second-order valence-corrected chi connectivity index (χ2v) is 8.34. The summed E-state index contributed by atoms with van der Waals surface area (Å²) in [7, 11) is 2.94. The highest BCUT2D eigenvalue weighted by atomic mass is 32.2. The molecule has 0 saturated heterocycles. The number of halogens is 1. The van der Waals surface area contributed by atoms with E-state index in [1.165, 1.54) is 45.4 Å². The fourth-order valence-electron chi connectivity index (χ4n) is 3.13. The van der Waals surface area contributed by atoms with Crippen LogP contribution in [0.15, 0.2) is 71.6 Å². The van der Waals surface area contributed by atoms with Crippen molar-refractivity contribution in [1.29, 1.82) is 0 Å². The highest BCUT2D eigenvalue weighted by Crippen LogP contribution is 2.27. The number of thioether (sulfide) groups is 1. The first-order chi connectivity index (χ1) is 16.8. The zero-order chi connectivity index (χ0) is 25.4. The van der Waals surface area contributed by atoms with Crippen molar-refractivity contribution in [3.8, 4) is 11.5 Å². The Morgan fingerprint density at radius 1 is 0.943 bits per heavy atom. The van der Waals surface area contributed by atoms with Gasteiger partial charge in [-0.05, 0) is 55.5 Å². The Hall–Kier alpha value is -3.85. The van der Waals surface area contributed by atoms with E-state index in [4.69, 9.17) is 14.2 Å². The van der Waals surface area contributed by atoms with Gasteiger partial charge in [-0.25, -0.2) is 9.18 Å². The molecule has 0 aliphatic carbocycles. The van der Waals surface area contributed by atoms with E-state index in [0.29, 0.717) is 22.1 Å². The summed E-state index contributed by atoms with van der Waals surface area (Å²) in [6.07, 6.45) is -1.08. The average molecular weight is 498 g/mol. The van der Waals surface area contributed by atoms with E-state index in [0.717, 1.165) is 11.8 Å². The number of hydrogen-bond donors (Lipinski definition) is 1. The van der Waals surface area contributed by atoms with Crippen LogP contribution in [-0.4, -0.2) is 43.7 Å². The molecular weight excluding hydrogens is 473 g/mol. The number of methoxy groups -OCH3 is 2. The number of ether oxygens (including phenoxy) is 3. The molecule has 0 radical (unpaired) electrons. The molecule has 0 aliphatic rings. The van der Waals surface area contributed by atoms with Crippen molar-refractivity contribution in [2.75, 3.05) is 25.3 Å². The van der Waals surface area contributed by atoms with Crippen LogP contribution in [0.5, 0.6) is 11.5 Å². The maximum atomic E-state index is 13.0. The zero-order valence-electron chi connectivity index (χ0n) is 19.4. The first kappa shape index (κ1) is 25.8. The molecule has 0 unspecified atom stereocenters. The Morgan fingerprint density at radius 3 is 2.34 bits per heavy atom. The Labute approximate surface area is 206 Å². The first-order valence-electron chi connectivity index (χ1n) is 10.6. The van der Waals surface area contributed by atoms with Crippen LogP contribution in [0.1, 0.15) is 27.6 Å². The van der Waals surface area contributed by atoms with Crippen molar-refractivity contribution in [2.45, 2.75) is 17.9 Å². The third kappa shape index (κ3) is 6.83. The Morgan fingerprint density at radius 2 is 1.66 bits per heavy atom. The Kier molecular flexibility index (Phi) is 8.86. The number of anilines is 1. The molecule has 0 bridgehead atoms.